The zero-order valence-electron chi connectivity index (χ0n) is 11.9. The van der Waals surface area contributed by atoms with E-state index in [0.717, 1.165) is 19.3 Å². The molecule has 1 saturated heterocycles. The number of amides is 3. The van der Waals surface area contributed by atoms with Crippen molar-refractivity contribution in [2.24, 2.45) is 5.92 Å². The topological polar surface area (TPSA) is 98.7 Å². The second kappa shape index (κ2) is 8.39. The second-order valence-corrected chi connectivity index (χ2v) is 5.06. The fraction of sp³-hybridized carbons (Fsp3) is 0.769. The monoisotopic (exact) mass is 285 g/mol. The molecule has 0 radical (unpaired) electrons. The maximum atomic E-state index is 11.9. The maximum Gasteiger partial charge on any atom is 0.317 e. The molecule has 0 spiro atoms. The van der Waals surface area contributed by atoms with Gasteiger partial charge in [-0.25, -0.2) is 4.79 Å². The van der Waals surface area contributed by atoms with E-state index in [2.05, 4.69) is 10.6 Å². The zero-order valence-corrected chi connectivity index (χ0v) is 11.9. The highest BCUT2D eigenvalue weighted by molar-refractivity contribution is 5.84. The van der Waals surface area contributed by atoms with E-state index in [4.69, 9.17) is 5.11 Å². The van der Waals surface area contributed by atoms with Crippen LogP contribution in [0.25, 0.3) is 0 Å². The van der Waals surface area contributed by atoms with Crippen molar-refractivity contribution < 1.29 is 19.5 Å². The van der Waals surface area contributed by atoms with Gasteiger partial charge >= 0.3 is 12.0 Å². The summed E-state index contributed by atoms with van der Waals surface area (Å²) in [5, 5.41) is 14.0. The zero-order chi connectivity index (χ0) is 15.0. The van der Waals surface area contributed by atoms with E-state index in [1.165, 1.54) is 0 Å². The smallest absolute Gasteiger partial charge is 0.317 e. The number of carboxylic acids is 1. The van der Waals surface area contributed by atoms with Gasteiger partial charge < -0.3 is 20.6 Å². The van der Waals surface area contributed by atoms with Gasteiger partial charge in [-0.15, -0.1) is 0 Å². The minimum absolute atomic E-state index is 0.000850. The number of hydrogen-bond donors (Lipinski definition) is 3. The average molecular weight is 285 g/mol. The van der Waals surface area contributed by atoms with Gasteiger partial charge in [0.2, 0.25) is 5.91 Å². The Morgan fingerprint density at radius 3 is 2.70 bits per heavy atom. The molecule has 0 saturated carbocycles. The molecular weight excluding hydrogens is 262 g/mol. The Bertz CT molecular complexity index is 360. The van der Waals surface area contributed by atoms with Crippen molar-refractivity contribution in [3.05, 3.63) is 0 Å². The van der Waals surface area contributed by atoms with E-state index in [1.54, 1.807) is 4.90 Å². The van der Waals surface area contributed by atoms with Gasteiger partial charge in [-0.05, 0) is 25.2 Å². The number of rotatable bonds is 6. The summed E-state index contributed by atoms with van der Waals surface area (Å²) in [6.07, 6.45) is 2.56. The Labute approximate surface area is 118 Å². The van der Waals surface area contributed by atoms with E-state index in [1.807, 2.05) is 6.92 Å². The predicted molar refractivity (Wildman–Crippen MR) is 73.2 cm³/mol. The molecule has 0 bridgehead atoms. The van der Waals surface area contributed by atoms with Gasteiger partial charge in [0.15, 0.2) is 0 Å². The summed E-state index contributed by atoms with van der Waals surface area (Å²) in [5.41, 5.74) is 0. The van der Waals surface area contributed by atoms with E-state index in [0.29, 0.717) is 19.6 Å². The van der Waals surface area contributed by atoms with Crippen LogP contribution in [0.5, 0.6) is 0 Å². The first kappa shape index (κ1) is 16.3. The lowest BCUT2D eigenvalue weighted by molar-refractivity contribution is -0.138. The standard InChI is InChI=1S/C13H23N3O4/c1-2-5-14-11(17)8-15-13(20)16-6-3-4-10(9-16)7-12(18)19/h10H,2-9H2,1H3,(H,14,17)(H,15,20)(H,18,19). The van der Waals surface area contributed by atoms with Crippen molar-refractivity contribution in [2.45, 2.75) is 32.6 Å². The molecule has 1 rings (SSSR count). The van der Waals surface area contributed by atoms with Crippen molar-refractivity contribution >= 4 is 17.9 Å². The molecule has 1 unspecified atom stereocenters. The number of carboxylic acid groups (broad SMARTS) is 1. The van der Waals surface area contributed by atoms with Crippen molar-refractivity contribution in [3.8, 4) is 0 Å². The Morgan fingerprint density at radius 2 is 2.05 bits per heavy atom. The molecule has 3 amide bonds. The van der Waals surface area contributed by atoms with Gasteiger partial charge in [0.25, 0.3) is 0 Å². The minimum Gasteiger partial charge on any atom is -0.481 e. The third-order valence-corrected chi connectivity index (χ3v) is 3.24. The van der Waals surface area contributed by atoms with E-state index in [9.17, 15) is 14.4 Å². The summed E-state index contributed by atoms with van der Waals surface area (Å²) < 4.78 is 0. The fourth-order valence-electron chi connectivity index (χ4n) is 2.26. The summed E-state index contributed by atoms with van der Waals surface area (Å²) in [4.78, 5) is 35.5. The van der Waals surface area contributed by atoms with Crippen LogP contribution in [0.1, 0.15) is 32.6 Å². The average Bonchev–Trinajstić information content (AvgIpc) is 2.42. The summed E-state index contributed by atoms with van der Waals surface area (Å²) in [7, 11) is 0. The number of piperidine rings is 1. The van der Waals surface area contributed by atoms with Gasteiger partial charge in [0, 0.05) is 26.1 Å². The number of carbonyl (C=O) groups is 3. The van der Waals surface area contributed by atoms with Crippen molar-refractivity contribution in [1.82, 2.24) is 15.5 Å². The van der Waals surface area contributed by atoms with Crippen molar-refractivity contribution in [1.29, 1.82) is 0 Å². The lowest BCUT2D eigenvalue weighted by atomic mass is 9.95. The van der Waals surface area contributed by atoms with Crippen LogP contribution < -0.4 is 10.6 Å². The van der Waals surface area contributed by atoms with Gasteiger partial charge in [-0.2, -0.15) is 0 Å². The molecular formula is C13H23N3O4. The number of aliphatic carboxylic acids is 1. The first-order valence-corrected chi connectivity index (χ1v) is 7.04. The first-order valence-electron chi connectivity index (χ1n) is 7.04. The Kier molecular flexibility index (Phi) is 6.83. The molecule has 3 N–H and O–H groups in total. The molecule has 1 aliphatic rings. The summed E-state index contributed by atoms with van der Waals surface area (Å²) >= 11 is 0. The lowest BCUT2D eigenvalue weighted by Gasteiger charge is -2.32. The Balaban J connectivity index is 2.31. The summed E-state index contributed by atoms with van der Waals surface area (Å²) in [6.45, 7) is 3.56. The molecule has 1 heterocycles. The molecule has 0 aliphatic carbocycles. The number of carbonyl (C=O) groups excluding carboxylic acids is 2. The SMILES string of the molecule is CCCNC(=O)CNC(=O)N1CCCC(CC(=O)O)C1. The van der Waals surface area contributed by atoms with Gasteiger partial charge in [0.1, 0.15) is 0 Å². The number of hydrogen-bond acceptors (Lipinski definition) is 3. The van der Waals surface area contributed by atoms with Gasteiger partial charge in [-0.1, -0.05) is 6.92 Å². The first-order chi connectivity index (χ1) is 9.52. The van der Waals surface area contributed by atoms with Gasteiger partial charge in [0.05, 0.1) is 6.54 Å². The molecule has 7 heteroatoms. The minimum atomic E-state index is -0.837. The number of nitrogens with zero attached hydrogens (tertiary/aromatic N) is 1. The molecule has 0 aromatic heterocycles. The quantitative estimate of drug-likeness (QED) is 0.658. The van der Waals surface area contributed by atoms with Crippen LogP contribution in [-0.4, -0.2) is 54.1 Å². The largest absolute Gasteiger partial charge is 0.481 e. The lowest BCUT2D eigenvalue weighted by Crippen LogP contribution is -2.48. The molecule has 1 aliphatic heterocycles. The third-order valence-electron chi connectivity index (χ3n) is 3.24. The van der Waals surface area contributed by atoms with Crippen LogP contribution in [0.4, 0.5) is 4.79 Å². The molecule has 0 aromatic carbocycles. The number of urea groups is 1. The van der Waals surface area contributed by atoms with E-state index >= 15 is 0 Å². The Morgan fingerprint density at radius 1 is 1.30 bits per heavy atom. The van der Waals surface area contributed by atoms with Crippen LogP contribution in [0, 0.1) is 5.92 Å². The fourth-order valence-corrected chi connectivity index (χ4v) is 2.26. The second-order valence-electron chi connectivity index (χ2n) is 5.06. The number of nitrogens with one attached hydrogen (secondary N) is 2. The highest BCUT2D eigenvalue weighted by Crippen LogP contribution is 2.19. The summed E-state index contributed by atoms with van der Waals surface area (Å²) in [6, 6.07) is -0.299. The van der Waals surface area contributed by atoms with Gasteiger partial charge in [-0.3, -0.25) is 9.59 Å². The van der Waals surface area contributed by atoms with E-state index < -0.39 is 5.97 Å². The predicted octanol–water partition coefficient (Wildman–Crippen LogP) is 0.409. The van der Waals surface area contributed by atoms with Crippen LogP contribution in [0.15, 0.2) is 0 Å². The summed E-state index contributed by atoms with van der Waals surface area (Å²) in [5.74, 6) is -1.04. The van der Waals surface area contributed by atoms with Crippen LogP contribution >= 0.6 is 0 Å². The highest BCUT2D eigenvalue weighted by atomic mass is 16.4. The number of likely N-dealkylation sites (tertiary alicyclic amines) is 1. The maximum absolute atomic E-state index is 11.9. The molecule has 114 valence electrons. The van der Waals surface area contributed by atoms with Crippen LogP contribution in [0.2, 0.25) is 0 Å². The molecule has 1 fully saturated rings. The molecule has 1 atom stereocenters. The van der Waals surface area contributed by atoms with Crippen LogP contribution in [0.3, 0.4) is 0 Å². The molecule has 7 nitrogen and oxygen atoms in total. The molecule has 20 heavy (non-hydrogen) atoms. The van der Waals surface area contributed by atoms with Crippen molar-refractivity contribution in [3.63, 3.8) is 0 Å². The van der Waals surface area contributed by atoms with Crippen molar-refractivity contribution in [2.75, 3.05) is 26.2 Å². The van der Waals surface area contributed by atoms with E-state index in [-0.39, 0.29) is 30.8 Å². The normalized spacial score (nSPS) is 18.4. The third kappa shape index (κ3) is 5.90. The molecule has 0 aromatic rings. The van der Waals surface area contributed by atoms with Crippen LogP contribution in [-0.2, 0) is 9.59 Å². The highest BCUT2D eigenvalue weighted by Gasteiger charge is 2.25. The Hall–Kier alpha value is -1.79.